The Labute approximate surface area is 139 Å². The Hall–Kier alpha value is -1.88. The largest absolute Gasteiger partial charge is 0.352 e. The zero-order valence-electron chi connectivity index (χ0n) is 14.7. The number of hydrogen-bond acceptors (Lipinski definition) is 3. The highest BCUT2D eigenvalue weighted by Gasteiger charge is 2.10. The number of nitrogens with one attached hydrogen (secondary N) is 2. The number of hydrogen-bond donors (Lipinski definition) is 2. The van der Waals surface area contributed by atoms with Gasteiger partial charge in [0.1, 0.15) is 0 Å². The van der Waals surface area contributed by atoms with Crippen molar-refractivity contribution in [1.29, 1.82) is 0 Å². The topological polar surface area (TPSA) is 61.4 Å². The molecule has 0 atom stereocenters. The van der Waals surface area contributed by atoms with Crippen LogP contribution in [0.4, 0.5) is 0 Å². The summed E-state index contributed by atoms with van der Waals surface area (Å²) in [6.45, 7) is 6.44. The third-order valence-corrected chi connectivity index (χ3v) is 3.46. The minimum Gasteiger partial charge on any atom is -0.352 e. The standard InChI is InChI=1S/C18H29N3O2/c1-14(2)9-11-20-18(23)16-8-5-7-15(13-16)17(22)19-10-6-12-21(3)4/h5,7-8,13-14H,6,9-12H2,1-4H3,(H,19,22)(H,20,23). The first-order chi connectivity index (χ1) is 10.9. The Morgan fingerprint density at radius 1 is 1.04 bits per heavy atom. The molecule has 23 heavy (non-hydrogen) atoms. The summed E-state index contributed by atoms with van der Waals surface area (Å²) in [5.41, 5.74) is 1.04. The molecule has 0 spiro atoms. The number of amides is 2. The van der Waals surface area contributed by atoms with E-state index in [1.807, 2.05) is 14.1 Å². The Morgan fingerprint density at radius 2 is 1.61 bits per heavy atom. The van der Waals surface area contributed by atoms with E-state index in [2.05, 4.69) is 29.4 Å². The van der Waals surface area contributed by atoms with Crippen LogP contribution in [0.15, 0.2) is 24.3 Å². The first-order valence-corrected chi connectivity index (χ1v) is 8.21. The van der Waals surface area contributed by atoms with Gasteiger partial charge in [-0.2, -0.15) is 0 Å². The van der Waals surface area contributed by atoms with Gasteiger partial charge in [-0.05, 0) is 57.6 Å². The number of carbonyl (C=O) groups is 2. The van der Waals surface area contributed by atoms with Crippen molar-refractivity contribution in [1.82, 2.24) is 15.5 Å². The summed E-state index contributed by atoms with van der Waals surface area (Å²) >= 11 is 0. The lowest BCUT2D eigenvalue weighted by Gasteiger charge is -2.11. The molecule has 2 amide bonds. The van der Waals surface area contributed by atoms with Gasteiger partial charge < -0.3 is 15.5 Å². The average Bonchev–Trinajstić information content (AvgIpc) is 2.50. The van der Waals surface area contributed by atoms with E-state index in [9.17, 15) is 9.59 Å². The van der Waals surface area contributed by atoms with Crippen molar-refractivity contribution in [3.8, 4) is 0 Å². The zero-order valence-corrected chi connectivity index (χ0v) is 14.7. The van der Waals surface area contributed by atoms with Crippen LogP contribution in [-0.4, -0.2) is 50.4 Å². The molecule has 1 aromatic rings. The third kappa shape index (κ3) is 7.79. The number of rotatable bonds is 9. The quantitative estimate of drug-likeness (QED) is 0.686. The Morgan fingerprint density at radius 3 is 2.13 bits per heavy atom. The van der Waals surface area contributed by atoms with Crippen molar-refractivity contribution >= 4 is 11.8 Å². The van der Waals surface area contributed by atoms with E-state index in [1.54, 1.807) is 24.3 Å². The lowest BCUT2D eigenvalue weighted by Crippen LogP contribution is -2.28. The molecule has 0 aromatic heterocycles. The predicted octanol–water partition coefficient (Wildman–Crippen LogP) is 2.14. The summed E-state index contributed by atoms with van der Waals surface area (Å²) in [7, 11) is 4.01. The molecule has 0 saturated heterocycles. The second-order valence-corrected chi connectivity index (χ2v) is 6.43. The fourth-order valence-electron chi connectivity index (χ4n) is 2.08. The predicted molar refractivity (Wildman–Crippen MR) is 93.7 cm³/mol. The lowest BCUT2D eigenvalue weighted by atomic mass is 10.1. The van der Waals surface area contributed by atoms with Crippen LogP contribution in [0, 0.1) is 5.92 Å². The van der Waals surface area contributed by atoms with Crippen LogP contribution in [0.2, 0.25) is 0 Å². The van der Waals surface area contributed by atoms with E-state index in [0.29, 0.717) is 30.1 Å². The third-order valence-electron chi connectivity index (χ3n) is 3.46. The highest BCUT2D eigenvalue weighted by molar-refractivity contribution is 5.99. The van der Waals surface area contributed by atoms with Crippen molar-refractivity contribution in [3.63, 3.8) is 0 Å². The lowest BCUT2D eigenvalue weighted by molar-refractivity contribution is 0.0951. The van der Waals surface area contributed by atoms with E-state index in [0.717, 1.165) is 19.4 Å². The number of nitrogens with zero attached hydrogens (tertiary/aromatic N) is 1. The zero-order chi connectivity index (χ0) is 17.2. The molecule has 0 aliphatic rings. The van der Waals surface area contributed by atoms with Gasteiger partial charge in [0.2, 0.25) is 0 Å². The molecule has 1 aromatic carbocycles. The first-order valence-electron chi connectivity index (χ1n) is 8.21. The molecule has 0 radical (unpaired) electrons. The monoisotopic (exact) mass is 319 g/mol. The normalized spacial score (nSPS) is 10.9. The van der Waals surface area contributed by atoms with Crippen molar-refractivity contribution < 1.29 is 9.59 Å². The fourth-order valence-corrected chi connectivity index (χ4v) is 2.08. The Kier molecular flexibility index (Phi) is 8.33. The maximum atomic E-state index is 12.1. The van der Waals surface area contributed by atoms with Crippen LogP contribution >= 0.6 is 0 Å². The summed E-state index contributed by atoms with van der Waals surface area (Å²) < 4.78 is 0. The number of benzene rings is 1. The smallest absolute Gasteiger partial charge is 0.251 e. The van der Waals surface area contributed by atoms with Crippen LogP contribution in [0.25, 0.3) is 0 Å². The van der Waals surface area contributed by atoms with Crippen molar-refractivity contribution in [2.24, 2.45) is 5.92 Å². The first kappa shape index (κ1) is 19.2. The van der Waals surface area contributed by atoms with Gasteiger partial charge in [-0.25, -0.2) is 0 Å². The molecular weight excluding hydrogens is 290 g/mol. The van der Waals surface area contributed by atoms with E-state index in [-0.39, 0.29) is 11.8 Å². The highest BCUT2D eigenvalue weighted by Crippen LogP contribution is 2.06. The summed E-state index contributed by atoms with van der Waals surface area (Å²) in [5, 5.41) is 5.77. The highest BCUT2D eigenvalue weighted by atomic mass is 16.2. The summed E-state index contributed by atoms with van der Waals surface area (Å²) in [6, 6.07) is 6.85. The molecule has 0 fully saturated rings. The maximum absolute atomic E-state index is 12.1. The SMILES string of the molecule is CC(C)CCNC(=O)c1cccc(C(=O)NCCCN(C)C)c1. The molecule has 1 rings (SSSR count). The van der Waals surface area contributed by atoms with Gasteiger partial charge in [-0.1, -0.05) is 19.9 Å². The van der Waals surface area contributed by atoms with E-state index in [1.165, 1.54) is 0 Å². The van der Waals surface area contributed by atoms with Crippen LogP contribution in [-0.2, 0) is 0 Å². The molecule has 0 heterocycles. The fraction of sp³-hybridized carbons (Fsp3) is 0.556. The molecule has 0 aliphatic carbocycles. The van der Waals surface area contributed by atoms with Crippen molar-refractivity contribution in [2.75, 3.05) is 33.7 Å². The molecule has 5 heteroatoms. The summed E-state index contributed by atoms with van der Waals surface area (Å²) in [4.78, 5) is 26.3. The molecular formula is C18H29N3O2. The van der Waals surface area contributed by atoms with Gasteiger partial charge in [-0.3, -0.25) is 9.59 Å². The van der Waals surface area contributed by atoms with Gasteiger partial charge in [-0.15, -0.1) is 0 Å². The van der Waals surface area contributed by atoms with Gasteiger partial charge >= 0.3 is 0 Å². The summed E-state index contributed by atoms with van der Waals surface area (Å²) in [6.07, 6.45) is 1.84. The molecule has 2 N–H and O–H groups in total. The Balaban J connectivity index is 2.51. The van der Waals surface area contributed by atoms with Crippen LogP contribution in [0.1, 0.15) is 47.4 Å². The van der Waals surface area contributed by atoms with E-state index < -0.39 is 0 Å². The van der Waals surface area contributed by atoms with E-state index >= 15 is 0 Å². The van der Waals surface area contributed by atoms with Crippen LogP contribution in [0.3, 0.4) is 0 Å². The molecule has 5 nitrogen and oxygen atoms in total. The van der Waals surface area contributed by atoms with Crippen molar-refractivity contribution in [2.45, 2.75) is 26.7 Å². The minimum atomic E-state index is -0.138. The van der Waals surface area contributed by atoms with Crippen molar-refractivity contribution in [3.05, 3.63) is 35.4 Å². The second kappa shape index (κ2) is 10.0. The summed E-state index contributed by atoms with van der Waals surface area (Å²) in [5.74, 6) is 0.281. The van der Waals surface area contributed by atoms with Crippen LogP contribution < -0.4 is 10.6 Å². The van der Waals surface area contributed by atoms with Gasteiger partial charge in [0.15, 0.2) is 0 Å². The number of carbonyl (C=O) groups excluding carboxylic acids is 2. The molecule has 0 aliphatic heterocycles. The average molecular weight is 319 g/mol. The van der Waals surface area contributed by atoms with E-state index in [4.69, 9.17) is 0 Å². The van der Waals surface area contributed by atoms with Gasteiger partial charge in [0.05, 0.1) is 0 Å². The Bertz CT molecular complexity index is 513. The second-order valence-electron chi connectivity index (χ2n) is 6.43. The molecule has 0 bridgehead atoms. The van der Waals surface area contributed by atoms with Gasteiger partial charge in [0.25, 0.3) is 11.8 Å². The maximum Gasteiger partial charge on any atom is 0.251 e. The molecule has 128 valence electrons. The molecule has 0 saturated carbocycles. The van der Waals surface area contributed by atoms with Gasteiger partial charge in [0, 0.05) is 24.2 Å². The van der Waals surface area contributed by atoms with Crippen LogP contribution in [0.5, 0.6) is 0 Å². The minimum absolute atomic E-state index is 0.132. The molecule has 0 unspecified atom stereocenters.